The zero-order chi connectivity index (χ0) is 22.2. The molecule has 1 saturated heterocycles. The molecule has 9 nitrogen and oxygen atoms in total. The van der Waals surface area contributed by atoms with Crippen LogP contribution in [0.3, 0.4) is 0 Å². The zero-order valence-corrected chi connectivity index (χ0v) is 19.2. The van der Waals surface area contributed by atoms with Crippen LogP contribution in [-0.2, 0) is 21.4 Å². The van der Waals surface area contributed by atoms with E-state index in [4.69, 9.17) is 9.72 Å². The highest BCUT2D eigenvalue weighted by Gasteiger charge is 2.29. The Bertz CT molecular complexity index is 1110. The molecule has 0 radical (unpaired) electrons. The summed E-state index contributed by atoms with van der Waals surface area (Å²) in [5, 5.41) is 4.17. The summed E-state index contributed by atoms with van der Waals surface area (Å²) in [5.74, 6) is 0.883. The van der Waals surface area contributed by atoms with Crippen LogP contribution in [0.4, 0.5) is 5.95 Å². The van der Waals surface area contributed by atoms with Crippen LogP contribution in [0.5, 0.6) is 0 Å². The van der Waals surface area contributed by atoms with E-state index in [9.17, 15) is 13.2 Å². The maximum Gasteiger partial charge on any atom is 0.258 e. The van der Waals surface area contributed by atoms with E-state index in [0.29, 0.717) is 49.0 Å². The smallest absolute Gasteiger partial charge is 0.258 e. The molecule has 1 aliphatic carbocycles. The summed E-state index contributed by atoms with van der Waals surface area (Å²) in [6, 6.07) is 2.03. The van der Waals surface area contributed by atoms with Crippen molar-refractivity contribution in [2.45, 2.75) is 57.7 Å². The van der Waals surface area contributed by atoms with Crippen molar-refractivity contribution in [1.29, 1.82) is 0 Å². The van der Waals surface area contributed by atoms with Gasteiger partial charge in [0.15, 0.2) is 0 Å². The first-order chi connectivity index (χ1) is 14.8. The van der Waals surface area contributed by atoms with Gasteiger partial charge in [0, 0.05) is 49.4 Å². The first kappa shape index (κ1) is 22.2. The molecule has 170 valence electrons. The number of sulfonamides is 1. The number of anilines is 1. The van der Waals surface area contributed by atoms with Crippen molar-refractivity contribution in [2.75, 3.05) is 31.8 Å². The Balaban J connectivity index is 1.65. The Morgan fingerprint density at radius 3 is 2.58 bits per heavy atom. The highest BCUT2D eigenvalue weighted by molar-refractivity contribution is 7.88. The van der Waals surface area contributed by atoms with Gasteiger partial charge in [-0.1, -0.05) is 13.3 Å². The van der Waals surface area contributed by atoms with Crippen LogP contribution >= 0.6 is 0 Å². The van der Waals surface area contributed by atoms with Crippen molar-refractivity contribution in [3.05, 3.63) is 28.2 Å². The maximum absolute atomic E-state index is 13.3. The van der Waals surface area contributed by atoms with Crippen LogP contribution in [0.15, 0.2) is 17.1 Å². The van der Waals surface area contributed by atoms with Gasteiger partial charge in [-0.15, -0.1) is 0 Å². The number of hydrogen-bond acceptors (Lipinski definition) is 7. The molecule has 0 unspecified atom stereocenters. The van der Waals surface area contributed by atoms with Crippen LogP contribution in [0.25, 0.3) is 11.0 Å². The largest absolute Gasteiger partial charge is 0.380 e. The van der Waals surface area contributed by atoms with Crippen LogP contribution < -0.4 is 10.9 Å². The Kier molecular flexibility index (Phi) is 6.32. The first-order valence-electron chi connectivity index (χ1n) is 10.9. The molecular weight excluding hydrogens is 418 g/mol. The summed E-state index contributed by atoms with van der Waals surface area (Å²) < 4.78 is 32.1. The third kappa shape index (κ3) is 4.61. The van der Waals surface area contributed by atoms with Crippen LogP contribution in [0, 0.1) is 5.92 Å². The SMILES string of the molecule is COCc1cc2cnc(NC3CCN(S(C)(=O)=O)CC3)nc2n([C@@H]2CCC[C@@H]2C)c1=O. The fraction of sp³-hybridized carbons (Fsp3) is 0.667. The molecule has 0 bridgehead atoms. The van der Waals surface area contributed by atoms with Gasteiger partial charge in [-0.05, 0) is 37.7 Å². The molecule has 2 aliphatic rings. The summed E-state index contributed by atoms with van der Waals surface area (Å²) in [4.78, 5) is 22.5. The number of nitrogens with zero attached hydrogens (tertiary/aromatic N) is 4. The Morgan fingerprint density at radius 1 is 1.23 bits per heavy atom. The molecule has 3 heterocycles. The van der Waals surface area contributed by atoms with Gasteiger partial charge in [0.25, 0.3) is 5.56 Å². The molecule has 1 saturated carbocycles. The molecule has 0 spiro atoms. The van der Waals surface area contributed by atoms with Crippen molar-refractivity contribution in [2.24, 2.45) is 5.92 Å². The number of pyridine rings is 1. The lowest BCUT2D eigenvalue weighted by Gasteiger charge is -2.30. The fourth-order valence-electron chi connectivity index (χ4n) is 4.84. The molecule has 31 heavy (non-hydrogen) atoms. The van der Waals surface area contributed by atoms with E-state index in [1.807, 2.05) is 10.6 Å². The molecule has 10 heteroatoms. The van der Waals surface area contributed by atoms with Gasteiger partial charge in [0.2, 0.25) is 16.0 Å². The molecule has 4 rings (SSSR count). The first-order valence-corrected chi connectivity index (χ1v) is 12.7. The van der Waals surface area contributed by atoms with Crippen molar-refractivity contribution in [3.8, 4) is 0 Å². The normalized spacial score (nSPS) is 23.5. The molecule has 2 atom stereocenters. The number of rotatable bonds is 6. The summed E-state index contributed by atoms with van der Waals surface area (Å²) in [6.45, 7) is 3.41. The monoisotopic (exact) mass is 449 g/mol. The predicted octanol–water partition coefficient (Wildman–Crippen LogP) is 2.13. The van der Waals surface area contributed by atoms with Gasteiger partial charge in [0.05, 0.1) is 12.9 Å². The van der Waals surface area contributed by atoms with Gasteiger partial charge in [-0.2, -0.15) is 4.98 Å². The highest BCUT2D eigenvalue weighted by atomic mass is 32.2. The Labute approximate surface area is 182 Å². The number of fused-ring (bicyclic) bond motifs is 1. The number of hydrogen-bond donors (Lipinski definition) is 1. The van der Waals surface area contributed by atoms with Gasteiger partial charge in [0.1, 0.15) is 5.65 Å². The topological polar surface area (TPSA) is 106 Å². The lowest BCUT2D eigenvalue weighted by Crippen LogP contribution is -2.42. The van der Waals surface area contributed by atoms with E-state index >= 15 is 0 Å². The Hall–Kier alpha value is -2.04. The maximum atomic E-state index is 13.3. The van der Waals surface area contributed by atoms with E-state index in [0.717, 1.165) is 24.6 Å². The molecule has 2 aromatic heterocycles. The third-order valence-electron chi connectivity index (χ3n) is 6.55. The zero-order valence-electron chi connectivity index (χ0n) is 18.4. The second kappa shape index (κ2) is 8.84. The predicted molar refractivity (Wildman–Crippen MR) is 120 cm³/mol. The molecular formula is C21H31N5O4S. The van der Waals surface area contributed by atoms with Crippen LogP contribution in [0.1, 0.15) is 50.6 Å². The third-order valence-corrected chi connectivity index (χ3v) is 7.85. The summed E-state index contributed by atoms with van der Waals surface area (Å²) in [7, 11) is -1.57. The molecule has 1 N–H and O–H groups in total. The van der Waals surface area contributed by atoms with Gasteiger partial charge >= 0.3 is 0 Å². The molecule has 2 fully saturated rings. The van der Waals surface area contributed by atoms with Crippen LogP contribution in [0.2, 0.25) is 0 Å². The van der Waals surface area contributed by atoms with Crippen molar-refractivity contribution in [1.82, 2.24) is 18.8 Å². The molecule has 1 aliphatic heterocycles. The minimum absolute atomic E-state index is 0.0424. The van der Waals surface area contributed by atoms with Gasteiger partial charge in [-0.3, -0.25) is 9.36 Å². The minimum atomic E-state index is -3.16. The highest BCUT2D eigenvalue weighted by Crippen LogP contribution is 2.36. The summed E-state index contributed by atoms with van der Waals surface area (Å²) >= 11 is 0. The van der Waals surface area contributed by atoms with E-state index < -0.39 is 10.0 Å². The summed E-state index contributed by atoms with van der Waals surface area (Å²) in [5.41, 5.74) is 1.22. The van der Waals surface area contributed by atoms with Gasteiger partial charge < -0.3 is 10.1 Å². The van der Waals surface area contributed by atoms with Crippen molar-refractivity contribution in [3.63, 3.8) is 0 Å². The summed E-state index contributed by atoms with van der Waals surface area (Å²) in [6.07, 6.45) is 7.54. The molecule has 0 aromatic carbocycles. The average molecular weight is 450 g/mol. The van der Waals surface area contributed by atoms with E-state index in [2.05, 4.69) is 17.2 Å². The molecule has 0 amide bonds. The minimum Gasteiger partial charge on any atom is -0.380 e. The van der Waals surface area contributed by atoms with E-state index in [1.54, 1.807) is 13.3 Å². The Morgan fingerprint density at radius 2 is 1.97 bits per heavy atom. The fourth-order valence-corrected chi connectivity index (χ4v) is 5.71. The molecule has 2 aromatic rings. The average Bonchev–Trinajstić information content (AvgIpc) is 3.14. The number of piperidine rings is 1. The number of nitrogens with one attached hydrogen (secondary N) is 1. The number of methoxy groups -OCH3 is 1. The van der Waals surface area contributed by atoms with Crippen molar-refractivity contribution >= 4 is 27.0 Å². The van der Waals surface area contributed by atoms with E-state index in [1.165, 1.54) is 10.6 Å². The second-order valence-corrected chi connectivity index (χ2v) is 10.8. The standard InChI is InChI=1S/C21H31N5O4S/c1-14-5-4-6-18(14)26-19-15(11-16(13-30-2)20(26)27)12-22-21(24-19)23-17-7-9-25(10-8-17)31(3,28)29/h11-12,14,17-18H,4-10,13H2,1-3H3,(H,22,23,24)/t14-,18+/m0/s1. The lowest BCUT2D eigenvalue weighted by atomic mass is 10.1. The number of aromatic nitrogens is 3. The van der Waals surface area contributed by atoms with E-state index in [-0.39, 0.29) is 24.2 Å². The van der Waals surface area contributed by atoms with Crippen LogP contribution in [-0.4, -0.2) is 59.8 Å². The van der Waals surface area contributed by atoms with Gasteiger partial charge in [-0.25, -0.2) is 17.7 Å². The quantitative estimate of drug-likeness (QED) is 0.720. The second-order valence-electron chi connectivity index (χ2n) is 8.81. The lowest BCUT2D eigenvalue weighted by molar-refractivity contribution is 0.183. The van der Waals surface area contributed by atoms with Crippen molar-refractivity contribution < 1.29 is 13.2 Å². The number of ether oxygens (including phenoxy) is 1.